The number of ether oxygens (including phenoxy) is 2. The Kier molecular flexibility index (Phi) is 4.20. The van der Waals surface area contributed by atoms with E-state index in [0.29, 0.717) is 11.6 Å². The Morgan fingerprint density at radius 3 is 2.96 bits per heavy atom. The predicted molar refractivity (Wildman–Crippen MR) is 81.6 cm³/mol. The van der Waals surface area contributed by atoms with Crippen molar-refractivity contribution in [2.24, 2.45) is 0 Å². The maximum atomic E-state index is 11.1. The molecule has 8 nitrogen and oxygen atoms in total. The highest BCUT2D eigenvalue weighted by Crippen LogP contribution is 2.31. The van der Waals surface area contributed by atoms with Gasteiger partial charge in [0.05, 0.1) is 23.0 Å². The maximum absolute atomic E-state index is 11.1. The minimum atomic E-state index is -0.539. The molecule has 0 aliphatic carbocycles. The lowest BCUT2D eigenvalue weighted by atomic mass is 10.3. The van der Waals surface area contributed by atoms with Gasteiger partial charge in [-0.1, -0.05) is 11.2 Å². The number of nitro groups is 1. The van der Waals surface area contributed by atoms with Gasteiger partial charge in [-0.15, -0.1) is 11.3 Å². The third-order valence-corrected chi connectivity index (χ3v) is 3.79. The lowest BCUT2D eigenvalue weighted by molar-refractivity contribution is -0.386. The van der Waals surface area contributed by atoms with E-state index in [1.165, 1.54) is 30.6 Å². The number of hydrogen-bond donors (Lipinski definition) is 0. The van der Waals surface area contributed by atoms with Crippen molar-refractivity contribution >= 4 is 17.0 Å². The molecule has 0 saturated carbocycles. The normalized spacial score (nSPS) is 10.5. The van der Waals surface area contributed by atoms with Gasteiger partial charge in [0.2, 0.25) is 5.82 Å². The van der Waals surface area contributed by atoms with Crippen LogP contribution < -0.4 is 9.47 Å². The molecule has 0 unspecified atom stereocenters. The second kappa shape index (κ2) is 6.44. The zero-order valence-electron chi connectivity index (χ0n) is 12.0. The molecule has 3 aromatic rings. The van der Waals surface area contributed by atoms with Gasteiger partial charge in [0, 0.05) is 0 Å². The van der Waals surface area contributed by atoms with Crippen molar-refractivity contribution in [2.45, 2.75) is 6.61 Å². The van der Waals surface area contributed by atoms with Gasteiger partial charge in [0.25, 0.3) is 5.89 Å². The van der Waals surface area contributed by atoms with Gasteiger partial charge in [-0.2, -0.15) is 4.98 Å². The molecule has 0 radical (unpaired) electrons. The largest absolute Gasteiger partial charge is 0.496 e. The summed E-state index contributed by atoms with van der Waals surface area (Å²) in [7, 11) is 1.43. The lowest BCUT2D eigenvalue weighted by Crippen LogP contribution is -2.00. The Morgan fingerprint density at radius 1 is 1.39 bits per heavy atom. The third kappa shape index (κ3) is 3.29. The number of methoxy groups -OCH3 is 1. The summed E-state index contributed by atoms with van der Waals surface area (Å²) in [6.45, 7) is -0.0639. The van der Waals surface area contributed by atoms with Crippen LogP contribution in [0.5, 0.6) is 11.5 Å². The maximum Gasteiger partial charge on any atom is 0.314 e. The van der Waals surface area contributed by atoms with Crippen molar-refractivity contribution in [3.05, 3.63) is 51.7 Å². The highest BCUT2D eigenvalue weighted by Gasteiger charge is 2.18. The second-order valence-electron chi connectivity index (χ2n) is 4.37. The van der Waals surface area contributed by atoms with Crippen LogP contribution in [-0.4, -0.2) is 22.2 Å². The summed E-state index contributed by atoms with van der Waals surface area (Å²) in [5.74, 6) is 1.18. The van der Waals surface area contributed by atoms with Crippen LogP contribution in [0.4, 0.5) is 5.69 Å². The second-order valence-corrected chi connectivity index (χ2v) is 5.32. The molecular formula is C14H11N3O5S. The predicted octanol–water partition coefficient (Wildman–Crippen LogP) is 3.29. The van der Waals surface area contributed by atoms with E-state index >= 15 is 0 Å². The third-order valence-electron chi connectivity index (χ3n) is 2.92. The van der Waals surface area contributed by atoms with Gasteiger partial charge >= 0.3 is 5.69 Å². The van der Waals surface area contributed by atoms with Crippen LogP contribution >= 0.6 is 11.3 Å². The molecule has 0 bridgehead atoms. The molecule has 9 heteroatoms. The van der Waals surface area contributed by atoms with Crippen molar-refractivity contribution in [1.82, 2.24) is 10.1 Å². The summed E-state index contributed by atoms with van der Waals surface area (Å²) in [6, 6.07) is 8.09. The number of thiophene rings is 1. The first-order valence-electron chi connectivity index (χ1n) is 6.49. The summed E-state index contributed by atoms with van der Waals surface area (Å²) in [5, 5.41) is 16.8. The van der Waals surface area contributed by atoms with E-state index in [-0.39, 0.29) is 23.9 Å². The van der Waals surface area contributed by atoms with Crippen LogP contribution in [0.3, 0.4) is 0 Å². The zero-order valence-corrected chi connectivity index (χ0v) is 12.8. The fraction of sp³-hybridized carbons (Fsp3) is 0.143. The van der Waals surface area contributed by atoms with E-state index in [2.05, 4.69) is 10.1 Å². The first-order valence-corrected chi connectivity index (χ1v) is 7.37. The van der Waals surface area contributed by atoms with E-state index in [0.717, 1.165) is 4.88 Å². The van der Waals surface area contributed by atoms with E-state index in [4.69, 9.17) is 14.0 Å². The Hall–Kier alpha value is -2.94. The monoisotopic (exact) mass is 333 g/mol. The molecule has 2 heterocycles. The number of nitrogens with zero attached hydrogens (tertiary/aromatic N) is 3. The summed E-state index contributed by atoms with van der Waals surface area (Å²) < 4.78 is 15.5. The first-order chi connectivity index (χ1) is 11.2. The SMILES string of the molecule is COc1ccc(OCc2nc(-c3cccs3)no2)c([N+](=O)[O-])c1. The molecule has 0 saturated heterocycles. The highest BCUT2D eigenvalue weighted by atomic mass is 32.1. The zero-order chi connectivity index (χ0) is 16.2. The van der Waals surface area contributed by atoms with Gasteiger partial charge in [-0.3, -0.25) is 10.1 Å². The fourth-order valence-corrected chi connectivity index (χ4v) is 2.50. The molecule has 23 heavy (non-hydrogen) atoms. The minimum Gasteiger partial charge on any atom is -0.496 e. The smallest absolute Gasteiger partial charge is 0.314 e. The molecule has 0 spiro atoms. The summed E-state index contributed by atoms with van der Waals surface area (Å²) >= 11 is 1.49. The summed E-state index contributed by atoms with van der Waals surface area (Å²) in [5.41, 5.74) is -0.192. The quantitative estimate of drug-likeness (QED) is 0.504. The van der Waals surface area contributed by atoms with Crippen molar-refractivity contribution < 1.29 is 18.9 Å². The number of hydrogen-bond acceptors (Lipinski definition) is 8. The Bertz CT molecular complexity index is 816. The number of benzene rings is 1. The number of rotatable bonds is 6. The average Bonchev–Trinajstić information content (AvgIpc) is 3.23. The molecule has 118 valence electrons. The molecular weight excluding hydrogens is 322 g/mol. The molecule has 0 atom stereocenters. The molecule has 0 aliphatic heterocycles. The summed E-state index contributed by atoms with van der Waals surface area (Å²) in [4.78, 5) is 15.6. The van der Waals surface area contributed by atoms with Crippen LogP contribution in [0.1, 0.15) is 5.89 Å². The molecule has 0 amide bonds. The van der Waals surface area contributed by atoms with Gasteiger partial charge in [0.15, 0.2) is 12.4 Å². The van der Waals surface area contributed by atoms with Gasteiger partial charge in [-0.25, -0.2) is 0 Å². The van der Waals surface area contributed by atoms with Crippen molar-refractivity contribution in [3.63, 3.8) is 0 Å². The van der Waals surface area contributed by atoms with Crippen LogP contribution in [0.25, 0.3) is 10.7 Å². The molecule has 2 aromatic heterocycles. The van der Waals surface area contributed by atoms with E-state index in [1.54, 1.807) is 6.07 Å². The Labute approximate surface area is 134 Å². The van der Waals surface area contributed by atoms with Crippen molar-refractivity contribution in [3.8, 4) is 22.2 Å². The molecule has 0 aliphatic rings. The standard InChI is InChI=1S/C14H11N3O5S/c1-20-9-4-5-11(10(7-9)17(18)19)21-8-13-15-14(16-22-13)12-3-2-6-23-12/h2-7H,8H2,1H3. The minimum absolute atomic E-state index is 0.0639. The number of nitro benzene ring substituents is 1. The van der Waals surface area contributed by atoms with Crippen molar-refractivity contribution in [1.29, 1.82) is 0 Å². The Morgan fingerprint density at radius 2 is 2.26 bits per heavy atom. The fourth-order valence-electron chi connectivity index (χ4n) is 1.85. The van der Waals surface area contributed by atoms with E-state index in [1.807, 2.05) is 17.5 Å². The average molecular weight is 333 g/mol. The van der Waals surface area contributed by atoms with E-state index < -0.39 is 4.92 Å². The topological polar surface area (TPSA) is 101 Å². The van der Waals surface area contributed by atoms with E-state index in [9.17, 15) is 10.1 Å². The lowest BCUT2D eigenvalue weighted by Gasteiger charge is -2.05. The molecule has 0 fully saturated rings. The van der Waals surface area contributed by atoms with Gasteiger partial charge in [-0.05, 0) is 23.6 Å². The molecule has 0 N–H and O–H groups in total. The van der Waals surface area contributed by atoms with Crippen LogP contribution in [0.15, 0.2) is 40.2 Å². The van der Waals surface area contributed by atoms with Crippen LogP contribution in [0, 0.1) is 10.1 Å². The summed E-state index contributed by atoms with van der Waals surface area (Å²) in [6.07, 6.45) is 0. The first kappa shape index (κ1) is 15.0. The van der Waals surface area contributed by atoms with Gasteiger partial charge < -0.3 is 14.0 Å². The number of aromatic nitrogens is 2. The molecule has 3 rings (SSSR count). The van der Waals surface area contributed by atoms with Gasteiger partial charge in [0.1, 0.15) is 5.75 Å². The van der Waals surface area contributed by atoms with Crippen LogP contribution in [0.2, 0.25) is 0 Å². The highest BCUT2D eigenvalue weighted by molar-refractivity contribution is 7.13. The molecule has 1 aromatic carbocycles. The Balaban J connectivity index is 1.74. The van der Waals surface area contributed by atoms with Crippen molar-refractivity contribution in [2.75, 3.05) is 7.11 Å². The van der Waals surface area contributed by atoms with Crippen LogP contribution in [-0.2, 0) is 6.61 Å².